The van der Waals surface area contributed by atoms with E-state index in [2.05, 4.69) is 5.32 Å². The predicted octanol–water partition coefficient (Wildman–Crippen LogP) is 1.40. The third-order valence-electron chi connectivity index (χ3n) is 3.84. The molecule has 1 aromatic rings. The van der Waals surface area contributed by atoms with Crippen molar-refractivity contribution in [3.8, 4) is 0 Å². The van der Waals surface area contributed by atoms with Gasteiger partial charge < -0.3 is 5.32 Å². The van der Waals surface area contributed by atoms with E-state index in [4.69, 9.17) is 0 Å². The highest BCUT2D eigenvalue weighted by atomic mass is 19.1. The van der Waals surface area contributed by atoms with Gasteiger partial charge >= 0.3 is 0 Å². The van der Waals surface area contributed by atoms with Crippen LogP contribution in [-0.4, -0.2) is 43.3 Å². The summed E-state index contributed by atoms with van der Waals surface area (Å²) < 4.78 is 12.8. The van der Waals surface area contributed by atoms with E-state index in [1.807, 2.05) is 4.90 Å². The Kier molecular flexibility index (Phi) is 5.44. The summed E-state index contributed by atoms with van der Waals surface area (Å²) >= 11 is 0. The number of amides is 1. The van der Waals surface area contributed by atoms with Crippen molar-refractivity contribution < 1.29 is 14.0 Å². The van der Waals surface area contributed by atoms with E-state index >= 15 is 0 Å². The summed E-state index contributed by atoms with van der Waals surface area (Å²) in [6, 6.07) is 6.00. The number of Topliss-reactive ketones (excluding diaryl/α,β-unsaturated/α-hetero) is 1. The molecule has 0 saturated carbocycles. The van der Waals surface area contributed by atoms with Crippen LogP contribution in [0.1, 0.15) is 18.4 Å². The molecule has 1 amide bonds. The summed E-state index contributed by atoms with van der Waals surface area (Å²) in [5.41, 5.74) is 0.821. The van der Waals surface area contributed by atoms with Crippen LogP contribution in [0, 0.1) is 11.7 Å². The van der Waals surface area contributed by atoms with Crippen molar-refractivity contribution >= 4 is 11.7 Å². The Morgan fingerprint density at radius 1 is 1.33 bits per heavy atom. The van der Waals surface area contributed by atoms with Gasteiger partial charge in [0.25, 0.3) is 0 Å². The van der Waals surface area contributed by atoms with Gasteiger partial charge in [0.2, 0.25) is 5.91 Å². The fourth-order valence-corrected chi connectivity index (χ4v) is 2.75. The molecule has 2 rings (SSSR count). The predicted molar refractivity (Wildman–Crippen MR) is 78.3 cm³/mol. The molecule has 0 bridgehead atoms. The number of nitrogens with zero attached hydrogens (tertiary/aromatic N) is 1. The highest BCUT2D eigenvalue weighted by Gasteiger charge is 2.25. The molecule has 5 heteroatoms. The maximum Gasteiger partial charge on any atom is 0.224 e. The maximum atomic E-state index is 12.8. The number of halogens is 1. The molecule has 4 nitrogen and oxygen atoms in total. The summed E-state index contributed by atoms with van der Waals surface area (Å²) in [6.07, 6.45) is 2.12. The molecule has 114 valence electrons. The molecule has 0 radical (unpaired) electrons. The second-order valence-corrected chi connectivity index (χ2v) is 5.53. The first-order valence-corrected chi connectivity index (χ1v) is 7.28. The van der Waals surface area contributed by atoms with Crippen LogP contribution in [0.3, 0.4) is 0 Å². The first-order valence-electron chi connectivity index (χ1n) is 7.28. The van der Waals surface area contributed by atoms with Crippen LogP contribution in [0.4, 0.5) is 4.39 Å². The van der Waals surface area contributed by atoms with E-state index in [0.29, 0.717) is 19.5 Å². The van der Waals surface area contributed by atoms with Gasteiger partial charge in [-0.3, -0.25) is 14.5 Å². The van der Waals surface area contributed by atoms with E-state index in [0.717, 1.165) is 24.9 Å². The molecular weight excluding hydrogens is 271 g/mol. The molecule has 0 spiro atoms. The highest BCUT2D eigenvalue weighted by molar-refractivity contribution is 5.83. The number of piperidine rings is 1. The number of carbonyl (C=O) groups excluding carboxylic acids is 2. The fraction of sp³-hybridized carbons (Fsp3) is 0.500. The lowest BCUT2D eigenvalue weighted by molar-refractivity contribution is -0.127. The first-order chi connectivity index (χ1) is 10.1. The SMILES string of the molecule is CNC(=O)C1CCCN(CC(=O)Cc2ccc(F)cc2)C1. The van der Waals surface area contributed by atoms with E-state index in [9.17, 15) is 14.0 Å². The molecular formula is C16H21FN2O2. The topological polar surface area (TPSA) is 49.4 Å². The van der Waals surface area contributed by atoms with Crippen molar-refractivity contribution in [3.63, 3.8) is 0 Å². The first kappa shape index (κ1) is 15.6. The Morgan fingerprint density at radius 3 is 2.71 bits per heavy atom. The lowest BCUT2D eigenvalue weighted by atomic mass is 9.96. The van der Waals surface area contributed by atoms with Crippen LogP contribution >= 0.6 is 0 Å². The van der Waals surface area contributed by atoms with E-state index in [1.54, 1.807) is 19.2 Å². The number of ketones is 1. The number of carbonyl (C=O) groups is 2. The quantitative estimate of drug-likeness (QED) is 0.892. The largest absolute Gasteiger partial charge is 0.359 e. The van der Waals surface area contributed by atoms with E-state index < -0.39 is 0 Å². The molecule has 1 N–H and O–H groups in total. The minimum absolute atomic E-state index is 0.0256. The summed E-state index contributed by atoms with van der Waals surface area (Å²) in [6.45, 7) is 1.84. The average molecular weight is 292 g/mol. The summed E-state index contributed by atoms with van der Waals surface area (Å²) in [5.74, 6) is -0.178. The normalized spacial score (nSPS) is 19.2. The third-order valence-corrected chi connectivity index (χ3v) is 3.84. The molecule has 1 atom stereocenters. The highest BCUT2D eigenvalue weighted by Crippen LogP contribution is 2.16. The van der Waals surface area contributed by atoms with Gasteiger partial charge in [0.1, 0.15) is 5.82 Å². The number of benzene rings is 1. The molecule has 1 aliphatic heterocycles. The second kappa shape index (κ2) is 7.31. The second-order valence-electron chi connectivity index (χ2n) is 5.53. The maximum absolute atomic E-state index is 12.8. The van der Waals surface area contributed by atoms with Gasteiger partial charge in [0.15, 0.2) is 5.78 Å². The Bertz CT molecular complexity index is 502. The molecule has 1 aliphatic rings. The molecule has 1 fully saturated rings. The van der Waals surface area contributed by atoms with Crippen LogP contribution in [0.25, 0.3) is 0 Å². The van der Waals surface area contributed by atoms with Crippen LogP contribution < -0.4 is 5.32 Å². The van der Waals surface area contributed by atoms with Crippen LogP contribution in [0.5, 0.6) is 0 Å². The molecule has 1 unspecified atom stereocenters. The van der Waals surface area contributed by atoms with Gasteiger partial charge in [0, 0.05) is 20.0 Å². The Hall–Kier alpha value is -1.75. The smallest absolute Gasteiger partial charge is 0.224 e. The molecule has 0 aromatic heterocycles. The minimum atomic E-state index is -0.296. The Balaban J connectivity index is 1.84. The van der Waals surface area contributed by atoms with Crippen molar-refractivity contribution in [1.82, 2.24) is 10.2 Å². The van der Waals surface area contributed by atoms with Crippen LogP contribution in [0.15, 0.2) is 24.3 Å². The number of hydrogen-bond donors (Lipinski definition) is 1. The van der Waals surface area contributed by atoms with Crippen molar-refractivity contribution in [2.45, 2.75) is 19.3 Å². The lowest BCUT2D eigenvalue weighted by Gasteiger charge is -2.31. The van der Waals surface area contributed by atoms with Gasteiger partial charge in [-0.15, -0.1) is 0 Å². The van der Waals surface area contributed by atoms with Gasteiger partial charge in [0.05, 0.1) is 12.5 Å². The summed E-state index contributed by atoms with van der Waals surface area (Å²) in [5, 5.41) is 2.67. The zero-order valence-corrected chi connectivity index (χ0v) is 12.3. The van der Waals surface area contributed by atoms with Crippen molar-refractivity contribution in [1.29, 1.82) is 0 Å². The molecule has 1 aromatic carbocycles. The number of rotatable bonds is 5. The zero-order chi connectivity index (χ0) is 15.2. The van der Waals surface area contributed by atoms with E-state index in [1.165, 1.54) is 12.1 Å². The van der Waals surface area contributed by atoms with Crippen LogP contribution in [0.2, 0.25) is 0 Å². The van der Waals surface area contributed by atoms with Gasteiger partial charge in [-0.25, -0.2) is 4.39 Å². The van der Waals surface area contributed by atoms with Crippen molar-refractivity contribution in [3.05, 3.63) is 35.6 Å². The minimum Gasteiger partial charge on any atom is -0.359 e. The standard InChI is InChI=1S/C16H21FN2O2/c1-18-16(21)13-3-2-8-19(10-13)11-15(20)9-12-4-6-14(17)7-5-12/h4-7,13H,2-3,8-11H2,1H3,(H,18,21). The zero-order valence-electron chi connectivity index (χ0n) is 12.3. The van der Waals surface area contributed by atoms with E-state index in [-0.39, 0.29) is 23.4 Å². The molecule has 21 heavy (non-hydrogen) atoms. The summed E-state index contributed by atoms with van der Waals surface area (Å²) in [4.78, 5) is 25.8. The van der Waals surface area contributed by atoms with Gasteiger partial charge in [-0.05, 0) is 37.1 Å². The Labute approximate surface area is 124 Å². The Morgan fingerprint density at radius 2 is 2.05 bits per heavy atom. The lowest BCUT2D eigenvalue weighted by Crippen LogP contribution is -2.44. The average Bonchev–Trinajstić information content (AvgIpc) is 2.49. The third kappa shape index (κ3) is 4.63. The fourth-order valence-electron chi connectivity index (χ4n) is 2.75. The van der Waals surface area contributed by atoms with Gasteiger partial charge in [-0.1, -0.05) is 12.1 Å². The van der Waals surface area contributed by atoms with Crippen molar-refractivity contribution in [2.75, 3.05) is 26.7 Å². The monoisotopic (exact) mass is 292 g/mol. The van der Waals surface area contributed by atoms with Crippen LogP contribution in [-0.2, 0) is 16.0 Å². The molecule has 1 heterocycles. The number of hydrogen-bond acceptors (Lipinski definition) is 3. The van der Waals surface area contributed by atoms with Crippen molar-refractivity contribution in [2.24, 2.45) is 5.92 Å². The molecule has 1 saturated heterocycles. The number of likely N-dealkylation sites (tertiary alicyclic amines) is 1. The summed E-state index contributed by atoms with van der Waals surface area (Å²) in [7, 11) is 1.64. The van der Waals surface area contributed by atoms with Gasteiger partial charge in [-0.2, -0.15) is 0 Å². The molecule has 0 aliphatic carbocycles. The number of nitrogens with one attached hydrogen (secondary N) is 1.